The summed E-state index contributed by atoms with van der Waals surface area (Å²) in [5.41, 5.74) is 2.20. The number of hydrogen-bond acceptors (Lipinski definition) is 8. The Kier molecular flexibility index (Phi) is 11.6. The number of carboxylic acid groups (broad SMARTS) is 2. The van der Waals surface area contributed by atoms with Crippen LogP contribution in [0.3, 0.4) is 0 Å². The van der Waals surface area contributed by atoms with Gasteiger partial charge in [0.05, 0.1) is 41.3 Å². The number of halogens is 6. The molecule has 0 radical (unpaired) electrons. The lowest BCUT2D eigenvalue weighted by atomic mass is 9.88. The van der Waals surface area contributed by atoms with Gasteiger partial charge in [-0.3, -0.25) is 9.88 Å². The van der Waals surface area contributed by atoms with Gasteiger partial charge in [-0.25, -0.2) is 14.6 Å². The number of carbonyl (C=O) groups is 2. The number of aromatic nitrogens is 2. The molecule has 4 heterocycles. The van der Waals surface area contributed by atoms with Crippen molar-refractivity contribution in [1.29, 1.82) is 0 Å². The Balaban J connectivity index is 0.000000317. The number of rotatable bonds is 5. The van der Waals surface area contributed by atoms with Crippen molar-refractivity contribution in [2.75, 3.05) is 19.7 Å². The van der Waals surface area contributed by atoms with Crippen LogP contribution >= 0.6 is 11.3 Å². The number of ether oxygens (including phenoxy) is 2. The summed E-state index contributed by atoms with van der Waals surface area (Å²) < 4.78 is 75.7. The smallest absolute Gasteiger partial charge is 0.475 e. The lowest BCUT2D eigenvalue weighted by Crippen LogP contribution is -2.44. The van der Waals surface area contributed by atoms with Crippen molar-refractivity contribution in [1.82, 2.24) is 14.9 Å². The fourth-order valence-electron chi connectivity index (χ4n) is 3.78. The zero-order chi connectivity index (χ0) is 29.3. The molecule has 4 rings (SSSR count). The molecule has 1 spiro atoms. The molecular weight excluding hydrogens is 560 g/mol. The third kappa shape index (κ3) is 11.4. The first-order chi connectivity index (χ1) is 18.1. The van der Waals surface area contributed by atoms with Gasteiger partial charge in [0, 0.05) is 37.6 Å². The molecule has 2 fully saturated rings. The van der Waals surface area contributed by atoms with Crippen molar-refractivity contribution < 1.29 is 55.6 Å². The minimum absolute atomic E-state index is 0.0171. The van der Waals surface area contributed by atoms with Crippen LogP contribution in [0.15, 0.2) is 29.8 Å². The maximum Gasteiger partial charge on any atom is 0.490 e. The minimum atomic E-state index is -5.08. The van der Waals surface area contributed by atoms with Crippen LogP contribution in [-0.4, -0.2) is 80.8 Å². The van der Waals surface area contributed by atoms with E-state index in [1.807, 2.05) is 19.2 Å². The average Bonchev–Trinajstić information content (AvgIpc) is 3.45. The Labute approximate surface area is 223 Å². The van der Waals surface area contributed by atoms with E-state index in [4.69, 9.17) is 29.3 Å². The van der Waals surface area contributed by atoms with Crippen molar-refractivity contribution in [3.8, 4) is 0 Å². The summed E-state index contributed by atoms with van der Waals surface area (Å²) in [6.07, 6.45) is -4.94. The number of hydrogen-bond donors (Lipinski definition) is 2. The number of alkyl halides is 6. The highest BCUT2D eigenvalue weighted by molar-refractivity contribution is 7.09. The Morgan fingerprint density at radius 1 is 1.10 bits per heavy atom. The second kappa shape index (κ2) is 14.0. The summed E-state index contributed by atoms with van der Waals surface area (Å²) in [5.74, 6) is -5.51. The summed E-state index contributed by atoms with van der Waals surface area (Å²) in [7, 11) is 0. The Morgan fingerprint density at radius 2 is 1.69 bits per heavy atom. The van der Waals surface area contributed by atoms with Crippen molar-refractivity contribution in [2.45, 2.75) is 63.4 Å². The summed E-state index contributed by atoms with van der Waals surface area (Å²) in [4.78, 5) is 29.2. The van der Waals surface area contributed by atoms with Gasteiger partial charge in [0.1, 0.15) is 0 Å². The first kappa shape index (κ1) is 32.4. The zero-order valence-electron chi connectivity index (χ0n) is 20.7. The molecule has 218 valence electrons. The molecule has 2 aliphatic heterocycles. The van der Waals surface area contributed by atoms with E-state index in [9.17, 15) is 26.3 Å². The van der Waals surface area contributed by atoms with Crippen LogP contribution in [0.2, 0.25) is 0 Å². The highest BCUT2D eigenvalue weighted by Crippen LogP contribution is 2.37. The highest BCUT2D eigenvalue weighted by atomic mass is 32.1. The van der Waals surface area contributed by atoms with E-state index in [2.05, 4.69) is 32.4 Å². The van der Waals surface area contributed by atoms with Crippen LogP contribution in [-0.2, 0) is 32.2 Å². The van der Waals surface area contributed by atoms with Crippen LogP contribution in [0, 0.1) is 6.92 Å². The second-order valence-electron chi connectivity index (χ2n) is 8.69. The standard InChI is InChI=1S/C19H25N3O2S.2C2HF3O2/c1-15-21-17(14-25-15)12-23-18-10-19(24-13-18)5-8-22(9-6-19)11-16-4-2-3-7-20-16;2*3-2(4,5)1(6)7/h2-4,7,14,18H,5-6,8-13H2,1H3;2*(H,6,7). The first-order valence-corrected chi connectivity index (χ1v) is 12.4. The maximum absolute atomic E-state index is 10.6. The molecule has 9 nitrogen and oxygen atoms in total. The van der Waals surface area contributed by atoms with Gasteiger partial charge in [-0.1, -0.05) is 6.07 Å². The van der Waals surface area contributed by atoms with E-state index in [-0.39, 0.29) is 11.7 Å². The van der Waals surface area contributed by atoms with E-state index in [1.165, 1.54) is 0 Å². The van der Waals surface area contributed by atoms with Gasteiger partial charge < -0.3 is 19.7 Å². The quantitative estimate of drug-likeness (QED) is 0.489. The maximum atomic E-state index is 10.6. The van der Waals surface area contributed by atoms with Crippen LogP contribution in [0.1, 0.15) is 35.7 Å². The number of aliphatic carboxylic acids is 2. The Bertz CT molecular complexity index is 1030. The third-order valence-corrected chi connectivity index (χ3v) is 6.49. The molecular formula is C23H27F6N3O6S. The Morgan fingerprint density at radius 3 is 2.15 bits per heavy atom. The van der Waals surface area contributed by atoms with E-state index in [0.29, 0.717) is 13.2 Å². The molecule has 2 aromatic rings. The summed E-state index contributed by atoms with van der Waals surface area (Å²) in [6.45, 7) is 6.40. The van der Waals surface area contributed by atoms with Gasteiger partial charge in [-0.05, 0) is 31.9 Å². The predicted octanol–water partition coefficient (Wildman–Crippen LogP) is 4.45. The monoisotopic (exact) mass is 587 g/mol. The molecule has 0 bridgehead atoms. The fraction of sp³-hybridized carbons (Fsp3) is 0.565. The number of piperidine rings is 1. The number of carboxylic acids is 2. The minimum Gasteiger partial charge on any atom is -0.475 e. The van der Waals surface area contributed by atoms with Gasteiger partial charge in [0.15, 0.2) is 0 Å². The lowest BCUT2D eigenvalue weighted by Gasteiger charge is -2.38. The second-order valence-corrected chi connectivity index (χ2v) is 9.75. The van der Waals surface area contributed by atoms with Crippen LogP contribution in [0.5, 0.6) is 0 Å². The molecule has 39 heavy (non-hydrogen) atoms. The summed E-state index contributed by atoms with van der Waals surface area (Å²) in [6, 6.07) is 6.12. The largest absolute Gasteiger partial charge is 0.490 e. The van der Waals surface area contributed by atoms with Crippen molar-refractivity contribution in [3.63, 3.8) is 0 Å². The molecule has 0 aromatic carbocycles. The number of nitrogens with zero attached hydrogens (tertiary/aromatic N) is 3. The third-order valence-electron chi connectivity index (χ3n) is 5.67. The summed E-state index contributed by atoms with van der Waals surface area (Å²) in [5, 5.41) is 17.4. The van der Waals surface area contributed by atoms with Gasteiger partial charge in [-0.2, -0.15) is 26.3 Å². The molecule has 0 amide bonds. The van der Waals surface area contributed by atoms with Gasteiger partial charge in [0.25, 0.3) is 0 Å². The fourth-order valence-corrected chi connectivity index (χ4v) is 4.37. The molecule has 1 unspecified atom stereocenters. The van der Waals surface area contributed by atoms with Crippen LogP contribution in [0.4, 0.5) is 26.3 Å². The van der Waals surface area contributed by atoms with E-state index >= 15 is 0 Å². The molecule has 0 saturated carbocycles. The normalized spacial score (nSPS) is 19.0. The molecule has 2 aliphatic rings. The average molecular weight is 588 g/mol. The molecule has 2 N–H and O–H groups in total. The van der Waals surface area contributed by atoms with Crippen molar-refractivity contribution in [2.24, 2.45) is 0 Å². The van der Waals surface area contributed by atoms with E-state index in [0.717, 1.165) is 55.3 Å². The molecule has 2 saturated heterocycles. The lowest BCUT2D eigenvalue weighted by molar-refractivity contribution is -0.193. The Hall–Kier alpha value is -2.82. The highest BCUT2D eigenvalue weighted by Gasteiger charge is 2.43. The first-order valence-electron chi connectivity index (χ1n) is 11.5. The molecule has 1 atom stereocenters. The van der Waals surface area contributed by atoms with Gasteiger partial charge in [0.2, 0.25) is 0 Å². The topological polar surface area (TPSA) is 122 Å². The van der Waals surface area contributed by atoms with Gasteiger partial charge in [-0.15, -0.1) is 11.3 Å². The molecule has 0 aliphatic carbocycles. The number of likely N-dealkylation sites (tertiary alicyclic amines) is 1. The van der Waals surface area contributed by atoms with Crippen LogP contribution < -0.4 is 0 Å². The summed E-state index contributed by atoms with van der Waals surface area (Å²) >= 11 is 1.68. The predicted molar refractivity (Wildman–Crippen MR) is 125 cm³/mol. The van der Waals surface area contributed by atoms with E-state index in [1.54, 1.807) is 11.3 Å². The van der Waals surface area contributed by atoms with Crippen molar-refractivity contribution in [3.05, 3.63) is 46.2 Å². The van der Waals surface area contributed by atoms with Crippen LogP contribution in [0.25, 0.3) is 0 Å². The molecule has 16 heteroatoms. The number of thiazole rings is 1. The SMILES string of the molecule is Cc1nc(COC2COC3(CCN(Cc4ccccn4)CC3)C2)cs1.O=C(O)C(F)(F)F.O=C(O)C(F)(F)F. The van der Waals surface area contributed by atoms with Gasteiger partial charge >= 0.3 is 24.3 Å². The van der Waals surface area contributed by atoms with Crippen molar-refractivity contribution >= 4 is 23.3 Å². The van der Waals surface area contributed by atoms with E-state index < -0.39 is 24.3 Å². The zero-order valence-corrected chi connectivity index (χ0v) is 21.5. The number of pyridine rings is 1. The number of aryl methyl sites for hydroxylation is 1. The molecule has 2 aromatic heterocycles.